The fourth-order valence-corrected chi connectivity index (χ4v) is 3.96. The first-order chi connectivity index (χ1) is 19.7. The van der Waals surface area contributed by atoms with Gasteiger partial charge in [-0.1, -0.05) is 0 Å². The lowest BCUT2D eigenvalue weighted by Gasteiger charge is -2.23. The Bertz CT molecular complexity index is 1670. The second kappa shape index (κ2) is 11.7. The first-order valence-corrected chi connectivity index (χ1v) is 11.6. The van der Waals surface area contributed by atoms with Gasteiger partial charge >= 0.3 is 6.61 Å². The third-order valence-corrected chi connectivity index (χ3v) is 5.63. The van der Waals surface area contributed by atoms with Gasteiger partial charge in [-0.15, -0.1) is 0 Å². The molecule has 8 nitrogen and oxygen atoms in total. The van der Waals surface area contributed by atoms with E-state index in [1.807, 2.05) is 0 Å². The number of benzene rings is 2. The van der Waals surface area contributed by atoms with E-state index in [-0.39, 0.29) is 17.1 Å². The van der Waals surface area contributed by atoms with Crippen LogP contribution in [0.4, 0.5) is 32.0 Å². The monoisotopic (exact) mass is 582 g/mol. The molecule has 0 atom stereocenters. The Morgan fingerprint density at radius 2 is 1.60 bits per heavy atom. The number of anilines is 1. The number of ether oxygens (including phenoxy) is 2. The number of rotatable bonds is 9. The minimum Gasteiger partial charge on any atom is -0.516 e. The van der Waals surface area contributed by atoms with Crippen LogP contribution in [0.15, 0.2) is 59.5 Å². The predicted octanol–water partition coefficient (Wildman–Crippen LogP) is 3.80. The maximum absolute atomic E-state index is 15.4. The van der Waals surface area contributed by atoms with E-state index < -0.39 is 69.7 Å². The Morgan fingerprint density at radius 1 is 0.976 bits per heavy atom. The van der Waals surface area contributed by atoms with Crippen LogP contribution in [0.1, 0.15) is 22.3 Å². The quantitative estimate of drug-likeness (QED) is 0.240. The Morgan fingerprint density at radius 3 is 2.14 bits per heavy atom. The minimum absolute atomic E-state index is 0.162. The van der Waals surface area contributed by atoms with E-state index in [0.717, 1.165) is 54.3 Å². The number of carbonyl (C=O) groups is 1. The molecule has 1 amide bonds. The summed E-state index contributed by atoms with van der Waals surface area (Å²) >= 11 is 0. The summed E-state index contributed by atoms with van der Waals surface area (Å²) in [6.45, 7) is -3.12. The maximum Gasteiger partial charge on any atom is 0.387 e. The van der Waals surface area contributed by atoms with Gasteiger partial charge in [0.15, 0.2) is 5.82 Å². The molecule has 2 heterocycles. The highest BCUT2D eigenvalue weighted by molar-refractivity contribution is 6.58. The molecule has 0 bridgehead atoms. The van der Waals surface area contributed by atoms with E-state index in [2.05, 4.69) is 15.0 Å². The molecule has 210 valence electrons. The van der Waals surface area contributed by atoms with Gasteiger partial charge in [0.2, 0.25) is 0 Å². The summed E-state index contributed by atoms with van der Waals surface area (Å²) in [5, 5.41) is -0.0517. The molecule has 0 unspecified atom stereocenters. The lowest BCUT2D eigenvalue weighted by Crippen LogP contribution is -2.37. The molecule has 0 saturated heterocycles. The third-order valence-electron chi connectivity index (χ3n) is 5.63. The summed E-state index contributed by atoms with van der Waals surface area (Å²) in [6, 6.07) is 7.47. The highest BCUT2D eigenvalue weighted by Gasteiger charge is 2.29. The number of alkyl halides is 4. The summed E-state index contributed by atoms with van der Waals surface area (Å²) < 4.78 is 93.1. The van der Waals surface area contributed by atoms with Gasteiger partial charge in [-0.25, -0.2) is 22.5 Å². The van der Waals surface area contributed by atoms with Gasteiger partial charge in [0.1, 0.15) is 58.1 Å². The van der Waals surface area contributed by atoms with Crippen LogP contribution in [-0.2, 0) is 7.05 Å². The summed E-state index contributed by atoms with van der Waals surface area (Å²) in [7, 11) is 17.1. The Balaban J connectivity index is 1.88. The molecule has 17 heteroatoms. The van der Waals surface area contributed by atoms with Gasteiger partial charge < -0.3 is 14.8 Å². The minimum atomic E-state index is -3.12. The van der Waals surface area contributed by atoms with Crippen molar-refractivity contribution in [1.29, 1.82) is 0 Å². The number of hydrogen-bond acceptors (Lipinski definition) is 5. The topological polar surface area (TPSA) is 87.4 Å². The second-order valence-electron chi connectivity index (χ2n) is 8.69. The molecular formula is C25H15B3F6N4O4. The molecule has 0 aliphatic rings. The van der Waals surface area contributed by atoms with Crippen molar-refractivity contribution in [2.45, 2.75) is 18.3 Å². The number of carbonyl (C=O) groups excluding carboxylic acids is 1. The van der Waals surface area contributed by atoms with Gasteiger partial charge in [0.05, 0.1) is 5.56 Å². The number of aromatic nitrogens is 3. The van der Waals surface area contributed by atoms with Crippen LogP contribution in [0.2, 0.25) is 0 Å². The number of amides is 1. The molecule has 4 rings (SSSR count). The van der Waals surface area contributed by atoms with Crippen LogP contribution in [-0.4, -0.2) is 55.7 Å². The zero-order valence-corrected chi connectivity index (χ0v) is 21.3. The van der Waals surface area contributed by atoms with Gasteiger partial charge in [-0.3, -0.25) is 14.3 Å². The summed E-state index contributed by atoms with van der Waals surface area (Å²) in [5.74, 6) is -4.79. The van der Waals surface area contributed by atoms with Gasteiger partial charge in [-0.2, -0.15) is 13.5 Å². The van der Waals surface area contributed by atoms with E-state index in [1.54, 1.807) is 0 Å². The molecule has 0 fully saturated rings. The highest BCUT2D eigenvalue weighted by Crippen LogP contribution is 2.35. The SMILES string of the molecule is [B]C([B])([B])Oc1cc(F)c(-c2c(NC(=O)c3ccc(OC(F)F)cc3)c(=O)n(-c3cc(C(F)F)ccn3)n2C)c(F)c1. The molecule has 6 radical (unpaired) electrons. The van der Waals surface area contributed by atoms with E-state index in [1.165, 1.54) is 0 Å². The van der Waals surface area contributed by atoms with Crippen LogP contribution in [0.25, 0.3) is 17.1 Å². The van der Waals surface area contributed by atoms with Gasteiger partial charge in [-0.05, 0) is 41.7 Å². The zero-order valence-electron chi connectivity index (χ0n) is 21.3. The normalized spacial score (nSPS) is 11.6. The smallest absolute Gasteiger partial charge is 0.387 e. The van der Waals surface area contributed by atoms with Crippen molar-refractivity contribution in [3.8, 4) is 28.6 Å². The van der Waals surface area contributed by atoms with Crippen molar-refractivity contribution in [2.24, 2.45) is 7.05 Å². The lowest BCUT2D eigenvalue weighted by molar-refractivity contribution is -0.0498. The number of halogens is 6. The summed E-state index contributed by atoms with van der Waals surface area (Å²) in [6.07, 6.45) is -1.95. The molecule has 0 aliphatic heterocycles. The van der Waals surface area contributed by atoms with Crippen LogP contribution >= 0.6 is 0 Å². The van der Waals surface area contributed by atoms with Crippen molar-refractivity contribution in [2.75, 3.05) is 5.32 Å². The molecule has 0 spiro atoms. The molecule has 2 aromatic heterocycles. The molecule has 42 heavy (non-hydrogen) atoms. The second-order valence-corrected chi connectivity index (χ2v) is 8.69. The van der Waals surface area contributed by atoms with E-state index in [0.29, 0.717) is 16.8 Å². The van der Waals surface area contributed by atoms with Crippen molar-refractivity contribution >= 4 is 35.1 Å². The number of nitrogens with zero attached hydrogens (tertiary/aromatic N) is 3. The van der Waals surface area contributed by atoms with Crippen LogP contribution in [0.5, 0.6) is 11.5 Å². The average Bonchev–Trinajstić information content (AvgIpc) is 3.11. The highest BCUT2D eigenvalue weighted by atomic mass is 19.3. The van der Waals surface area contributed by atoms with E-state index in [9.17, 15) is 27.2 Å². The molecular weight excluding hydrogens is 567 g/mol. The first-order valence-electron chi connectivity index (χ1n) is 11.6. The van der Waals surface area contributed by atoms with Gasteiger partial charge in [0, 0.05) is 36.5 Å². The first kappa shape index (κ1) is 30.4. The predicted molar refractivity (Wildman–Crippen MR) is 141 cm³/mol. The number of hydrogen-bond donors (Lipinski definition) is 1. The molecule has 0 aliphatic carbocycles. The van der Waals surface area contributed by atoms with E-state index in [4.69, 9.17) is 28.3 Å². The fourth-order valence-electron chi connectivity index (χ4n) is 3.96. The molecule has 4 aromatic rings. The maximum atomic E-state index is 15.4. The van der Waals surface area contributed by atoms with Crippen molar-refractivity contribution < 1.29 is 40.6 Å². The van der Waals surface area contributed by atoms with Crippen molar-refractivity contribution in [1.82, 2.24) is 14.3 Å². The molecule has 0 saturated carbocycles. The van der Waals surface area contributed by atoms with E-state index >= 15 is 8.78 Å². The Kier molecular flexibility index (Phi) is 8.50. The third kappa shape index (κ3) is 6.50. The van der Waals surface area contributed by atoms with Gasteiger partial charge in [0.25, 0.3) is 17.9 Å². The summed E-state index contributed by atoms with van der Waals surface area (Å²) in [5.41, 5.74) is -3.86. The average molecular weight is 582 g/mol. The van der Waals surface area contributed by atoms with Crippen LogP contribution in [0, 0.1) is 11.6 Å². The fraction of sp³-hybridized carbons (Fsp3) is 0.160. The Labute approximate surface area is 237 Å². The number of nitrogens with one attached hydrogen (secondary N) is 1. The molecule has 1 N–H and O–H groups in total. The van der Waals surface area contributed by atoms with Crippen molar-refractivity contribution in [3.63, 3.8) is 0 Å². The Hall–Kier alpha value is -4.56. The standard InChI is InChI=1S/C25H15B3F6N4O4/c1-37-20(18-15(29)9-14(10-16(18)30)42-25(26,27)28)19(23(40)38(37)17-8-12(21(31)32)6-7-35-17)36-22(39)11-2-4-13(5-3-11)41-24(33)34/h2-10,21,24H,1H3,(H,36,39). The molecule has 2 aromatic carbocycles. The summed E-state index contributed by atoms with van der Waals surface area (Å²) in [4.78, 5) is 30.5. The zero-order chi connectivity index (χ0) is 30.9. The van der Waals surface area contributed by atoms with Crippen molar-refractivity contribution in [3.05, 3.63) is 87.8 Å². The number of pyridine rings is 1. The largest absolute Gasteiger partial charge is 0.516 e. The van der Waals surface area contributed by atoms with Crippen LogP contribution in [0.3, 0.4) is 0 Å². The van der Waals surface area contributed by atoms with Crippen LogP contribution < -0.4 is 20.3 Å². The lowest BCUT2D eigenvalue weighted by atomic mass is 9.52.